The van der Waals surface area contributed by atoms with Crippen LogP contribution in [0.15, 0.2) is 46.9 Å². The highest BCUT2D eigenvalue weighted by Gasteiger charge is 2.21. The van der Waals surface area contributed by atoms with E-state index in [0.717, 1.165) is 0 Å². The summed E-state index contributed by atoms with van der Waals surface area (Å²) >= 11 is 0. The second kappa shape index (κ2) is 8.60. The summed E-state index contributed by atoms with van der Waals surface area (Å²) in [6, 6.07) is 9.44. The predicted molar refractivity (Wildman–Crippen MR) is 110 cm³/mol. The SMILES string of the molecule is CCOC(=O)c1[nH]c(C)c(C(=O)C=Cc2ccc(-c3cccc([N+](=O)[O-])c3)o2)c1C. The highest BCUT2D eigenvalue weighted by molar-refractivity contribution is 6.10. The first-order chi connectivity index (χ1) is 14.3. The Hall–Kier alpha value is -3.94. The van der Waals surface area contributed by atoms with Crippen molar-refractivity contribution >= 4 is 23.5 Å². The molecule has 8 nitrogen and oxygen atoms in total. The minimum absolute atomic E-state index is 0.0352. The molecule has 0 amide bonds. The van der Waals surface area contributed by atoms with E-state index in [9.17, 15) is 19.7 Å². The number of non-ortho nitro benzene ring substituents is 1. The van der Waals surface area contributed by atoms with Gasteiger partial charge in [0.1, 0.15) is 17.2 Å². The maximum Gasteiger partial charge on any atom is 0.355 e. The monoisotopic (exact) mass is 408 g/mol. The van der Waals surface area contributed by atoms with Crippen LogP contribution >= 0.6 is 0 Å². The summed E-state index contributed by atoms with van der Waals surface area (Å²) in [6.07, 6.45) is 2.87. The Morgan fingerprint density at radius 3 is 2.70 bits per heavy atom. The van der Waals surface area contributed by atoms with Gasteiger partial charge in [-0.2, -0.15) is 0 Å². The lowest BCUT2D eigenvalue weighted by Gasteiger charge is -2.00. The minimum atomic E-state index is -0.506. The smallest absolute Gasteiger partial charge is 0.355 e. The molecule has 8 heteroatoms. The number of hydrogen-bond acceptors (Lipinski definition) is 6. The van der Waals surface area contributed by atoms with Crippen LogP contribution in [-0.2, 0) is 4.74 Å². The van der Waals surface area contributed by atoms with Gasteiger partial charge in [0.2, 0.25) is 0 Å². The molecule has 0 aliphatic carbocycles. The lowest BCUT2D eigenvalue weighted by Crippen LogP contribution is -2.07. The number of carbonyl (C=O) groups excluding carboxylic acids is 2. The lowest BCUT2D eigenvalue weighted by atomic mass is 10.1. The summed E-state index contributed by atoms with van der Waals surface area (Å²) < 4.78 is 10.7. The summed E-state index contributed by atoms with van der Waals surface area (Å²) in [6.45, 7) is 5.35. The molecule has 0 aliphatic heterocycles. The molecule has 1 aromatic carbocycles. The molecule has 0 fully saturated rings. The summed E-state index contributed by atoms with van der Waals surface area (Å²) in [5.41, 5.74) is 2.29. The van der Waals surface area contributed by atoms with Crippen molar-refractivity contribution in [1.29, 1.82) is 0 Å². The summed E-state index contributed by atoms with van der Waals surface area (Å²) in [5, 5.41) is 10.9. The van der Waals surface area contributed by atoms with E-state index < -0.39 is 10.9 Å². The Morgan fingerprint density at radius 1 is 1.23 bits per heavy atom. The van der Waals surface area contributed by atoms with Crippen molar-refractivity contribution in [3.8, 4) is 11.3 Å². The van der Waals surface area contributed by atoms with Gasteiger partial charge in [-0.1, -0.05) is 12.1 Å². The number of carbonyl (C=O) groups is 2. The van der Waals surface area contributed by atoms with Crippen LogP contribution in [0.3, 0.4) is 0 Å². The molecular weight excluding hydrogens is 388 g/mol. The molecule has 0 saturated heterocycles. The lowest BCUT2D eigenvalue weighted by molar-refractivity contribution is -0.384. The van der Waals surface area contributed by atoms with Crippen molar-refractivity contribution in [2.75, 3.05) is 6.61 Å². The topological polar surface area (TPSA) is 115 Å². The number of benzene rings is 1. The van der Waals surface area contributed by atoms with E-state index >= 15 is 0 Å². The molecule has 2 aromatic heterocycles. The van der Waals surface area contributed by atoms with Gasteiger partial charge in [-0.3, -0.25) is 14.9 Å². The molecule has 0 saturated carbocycles. The molecule has 0 bridgehead atoms. The van der Waals surface area contributed by atoms with Gasteiger partial charge in [0.25, 0.3) is 5.69 Å². The number of furan rings is 1. The van der Waals surface area contributed by atoms with E-state index in [4.69, 9.17) is 9.15 Å². The van der Waals surface area contributed by atoms with Gasteiger partial charge in [-0.15, -0.1) is 0 Å². The third kappa shape index (κ3) is 4.22. The zero-order valence-electron chi connectivity index (χ0n) is 16.7. The average molecular weight is 408 g/mol. The Balaban J connectivity index is 1.81. The number of allylic oxidation sites excluding steroid dienone is 1. The first kappa shape index (κ1) is 20.8. The number of aromatic amines is 1. The van der Waals surface area contributed by atoms with Crippen molar-refractivity contribution in [3.05, 3.63) is 80.9 Å². The van der Waals surface area contributed by atoms with Crippen LogP contribution < -0.4 is 0 Å². The van der Waals surface area contributed by atoms with Gasteiger partial charge < -0.3 is 14.1 Å². The van der Waals surface area contributed by atoms with E-state index in [0.29, 0.717) is 33.9 Å². The third-order valence-corrected chi connectivity index (χ3v) is 4.53. The molecule has 30 heavy (non-hydrogen) atoms. The quantitative estimate of drug-likeness (QED) is 0.196. The maximum absolute atomic E-state index is 12.7. The van der Waals surface area contributed by atoms with E-state index in [-0.39, 0.29) is 23.8 Å². The van der Waals surface area contributed by atoms with Crippen LogP contribution in [0.1, 0.15) is 44.8 Å². The first-order valence-corrected chi connectivity index (χ1v) is 9.25. The number of aromatic nitrogens is 1. The zero-order valence-corrected chi connectivity index (χ0v) is 16.7. The number of rotatable bonds is 7. The van der Waals surface area contributed by atoms with Crippen LogP contribution in [0.25, 0.3) is 17.4 Å². The number of H-pyrrole nitrogens is 1. The zero-order chi connectivity index (χ0) is 21.8. The molecule has 3 rings (SSSR count). The van der Waals surface area contributed by atoms with E-state index in [1.807, 2.05) is 0 Å². The minimum Gasteiger partial charge on any atom is -0.461 e. The molecule has 0 aliphatic rings. The Bertz CT molecular complexity index is 1150. The van der Waals surface area contributed by atoms with Crippen LogP contribution in [-0.4, -0.2) is 28.3 Å². The number of nitrogens with one attached hydrogen (secondary N) is 1. The molecular formula is C22H20N2O6. The fourth-order valence-corrected chi connectivity index (χ4v) is 3.14. The van der Waals surface area contributed by atoms with Crippen LogP contribution in [0.2, 0.25) is 0 Å². The van der Waals surface area contributed by atoms with Crippen molar-refractivity contribution in [2.45, 2.75) is 20.8 Å². The Kier molecular flexibility index (Phi) is 5.96. The second-order valence-corrected chi connectivity index (χ2v) is 6.55. The van der Waals surface area contributed by atoms with Gasteiger partial charge in [0.05, 0.1) is 11.5 Å². The molecule has 2 heterocycles. The molecule has 3 aromatic rings. The van der Waals surface area contributed by atoms with Gasteiger partial charge in [-0.25, -0.2) is 4.79 Å². The van der Waals surface area contributed by atoms with Gasteiger partial charge >= 0.3 is 5.97 Å². The van der Waals surface area contributed by atoms with Crippen LogP contribution in [0, 0.1) is 24.0 Å². The normalized spacial score (nSPS) is 11.0. The van der Waals surface area contributed by atoms with Crippen LogP contribution in [0.5, 0.6) is 0 Å². The molecule has 0 radical (unpaired) electrons. The van der Waals surface area contributed by atoms with E-state index in [1.165, 1.54) is 24.3 Å². The van der Waals surface area contributed by atoms with E-state index in [2.05, 4.69) is 4.98 Å². The number of ketones is 1. The van der Waals surface area contributed by atoms with Crippen LogP contribution in [0.4, 0.5) is 5.69 Å². The fraction of sp³-hybridized carbons (Fsp3) is 0.182. The number of nitro benzene ring substituents is 1. The average Bonchev–Trinajstić information content (AvgIpc) is 3.31. The van der Waals surface area contributed by atoms with Gasteiger partial charge in [0.15, 0.2) is 5.78 Å². The van der Waals surface area contributed by atoms with Crippen molar-refractivity contribution < 1.29 is 23.7 Å². The number of aryl methyl sites for hydroxylation is 1. The Morgan fingerprint density at radius 2 is 2.00 bits per heavy atom. The molecule has 0 atom stereocenters. The van der Waals surface area contributed by atoms with Crippen molar-refractivity contribution in [3.63, 3.8) is 0 Å². The molecule has 0 spiro atoms. The summed E-state index contributed by atoms with van der Waals surface area (Å²) in [4.78, 5) is 38.0. The first-order valence-electron chi connectivity index (χ1n) is 9.25. The molecule has 0 unspecified atom stereocenters. The number of nitro groups is 1. The summed E-state index contributed by atoms with van der Waals surface area (Å²) in [5.74, 6) is 0.0737. The standard InChI is InChI=1S/C22H20N2O6/c1-4-29-22(26)21-13(2)20(14(3)23-21)18(25)10-8-17-9-11-19(30-17)15-6-5-7-16(12-15)24(27)28/h5-12,23H,4H2,1-3H3. The number of ether oxygens (including phenoxy) is 1. The third-order valence-electron chi connectivity index (χ3n) is 4.53. The second-order valence-electron chi connectivity index (χ2n) is 6.55. The maximum atomic E-state index is 12.7. The summed E-state index contributed by atoms with van der Waals surface area (Å²) in [7, 11) is 0. The highest BCUT2D eigenvalue weighted by Crippen LogP contribution is 2.26. The van der Waals surface area contributed by atoms with Gasteiger partial charge in [-0.05, 0) is 50.6 Å². The predicted octanol–water partition coefficient (Wildman–Crippen LogP) is 4.87. The molecule has 1 N–H and O–H groups in total. The molecule has 154 valence electrons. The number of esters is 1. The van der Waals surface area contributed by atoms with Crippen molar-refractivity contribution in [2.24, 2.45) is 0 Å². The fourth-order valence-electron chi connectivity index (χ4n) is 3.14. The van der Waals surface area contributed by atoms with Crippen molar-refractivity contribution in [1.82, 2.24) is 4.98 Å². The largest absolute Gasteiger partial charge is 0.461 e. The Labute approximate surface area is 172 Å². The highest BCUT2D eigenvalue weighted by atomic mass is 16.6. The van der Waals surface area contributed by atoms with Gasteiger partial charge in [0, 0.05) is 29.0 Å². The number of nitrogens with zero attached hydrogens (tertiary/aromatic N) is 1. The van der Waals surface area contributed by atoms with E-state index in [1.54, 1.807) is 45.0 Å². The number of hydrogen-bond donors (Lipinski definition) is 1.